The summed E-state index contributed by atoms with van der Waals surface area (Å²) in [5.41, 5.74) is 2.33. The average molecular weight is 247 g/mol. The third-order valence-corrected chi connectivity index (χ3v) is 3.65. The van der Waals surface area contributed by atoms with Crippen molar-refractivity contribution in [2.24, 2.45) is 0 Å². The summed E-state index contributed by atoms with van der Waals surface area (Å²) in [6.07, 6.45) is 0. The SMILES string of the molecule is COCc1cccc(NC(C)c2cccs2)c1. The van der Waals surface area contributed by atoms with Crippen LogP contribution in [0.15, 0.2) is 41.8 Å². The predicted octanol–water partition coefficient (Wildman–Crippen LogP) is 4.07. The fourth-order valence-corrected chi connectivity index (χ4v) is 2.51. The molecule has 17 heavy (non-hydrogen) atoms. The lowest BCUT2D eigenvalue weighted by molar-refractivity contribution is 0.185. The van der Waals surface area contributed by atoms with Crippen LogP contribution in [0.5, 0.6) is 0 Å². The molecule has 2 rings (SSSR count). The Morgan fingerprint density at radius 2 is 2.18 bits per heavy atom. The Hall–Kier alpha value is -1.32. The first kappa shape index (κ1) is 12.1. The summed E-state index contributed by atoms with van der Waals surface area (Å²) in [5, 5.41) is 5.60. The molecule has 1 N–H and O–H groups in total. The highest BCUT2D eigenvalue weighted by Crippen LogP contribution is 2.23. The van der Waals surface area contributed by atoms with Crippen molar-refractivity contribution in [2.45, 2.75) is 19.6 Å². The zero-order chi connectivity index (χ0) is 12.1. The second kappa shape index (κ2) is 5.84. The molecule has 0 saturated heterocycles. The number of anilines is 1. The van der Waals surface area contributed by atoms with E-state index in [2.05, 4.69) is 54.0 Å². The second-order valence-corrected chi connectivity index (χ2v) is 4.99. The summed E-state index contributed by atoms with van der Waals surface area (Å²) in [6.45, 7) is 2.83. The molecule has 0 aliphatic rings. The topological polar surface area (TPSA) is 21.3 Å². The number of nitrogens with one attached hydrogen (secondary N) is 1. The number of thiophene rings is 1. The van der Waals surface area contributed by atoms with Gasteiger partial charge in [-0.05, 0) is 36.1 Å². The summed E-state index contributed by atoms with van der Waals surface area (Å²) in [5.74, 6) is 0. The van der Waals surface area contributed by atoms with Gasteiger partial charge in [-0.2, -0.15) is 0 Å². The van der Waals surface area contributed by atoms with Crippen molar-refractivity contribution >= 4 is 17.0 Å². The molecule has 1 atom stereocenters. The fraction of sp³-hybridized carbons (Fsp3) is 0.286. The van der Waals surface area contributed by atoms with E-state index < -0.39 is 0 Å². The molecule has 90 valence electrons. The molecule has 3 heteroatoms. The quantitative estimate of drug-likeness (QED) is 0.860. The standard InChI is InChI=1S/C14H17NOS/c1-11(14-7-4-8-17-14)15-13-6-3-5-12(9-13)10-16-2/h3-9,11,15H,10H2,1-2H3. The third-order valence-electron chi connectivity index (χ3n) is 2.59. The summed E-state index contributed by atoms with van der Waals surface area (Å²) < 4.78 is 5.13. The summed E-state index contributed by atoms with van der Waals surface area (Å²) >= 11 is 1.78. The zero-order valence-corrected chi connectivity index (χ0v) is 11.0. The Morgan fingerprint density at radius 1 is 1.29 bits per heavy atom. The van der Waals surface area contributed by atoms with Crippen molar-refractivity contribution in [3.8, 4) is 0 Å². The maximum Gasteiger partial charge on any atom is 0.0713 e. The summed E-state index contributed by atoms with van der Waals surface area (Å²) in [4.78, 5) is 1.35. The van der Waals surface area contributed by atoms with Gasteiger partial charge in [-0.3, -0.25) is 0 Å². The van der Waals surface area contributed by atoms with E-state index in [0.717, 1.165) is 5.69 Å². The highest BCUT2D eigenvalue weighted by atomic mass is 32.1. The first-order chi connectivity index (χ1) is 8.29. The second-order valence-electron chi connectivity index (χ2n) is 4.01. The maximum absolute atomic E-state index is 5.13. The Labute approximate surface area is 106 Å². The first-order valence-electron chi connectivity index (χ1n) is 5.67. The fourth-order valence-electron chi connectivity index (χ4n) is 1.78. The lowest BCUT2D eigenvalue weighted by Crippen LogP contribution is -2.05. The van der Waals surface area contributed by atoms with Crippen molar-refractivity contribution < 1.29 is 4.74 Å². The van der Waals surface area contributed by atoms with E-state index in [-0.39, 0.29) is 0 Å². The Balaban J connectivity index is 2.05. The van der Waals surface area contributed by atoms with Crippen molar-refractivity contribution in [1.29, 1.82) is 0 Å². The lowest BCUT2D eigenvalue weighted by Gasteiger charge is -2.14. The van der Waals surface area contributed by atoms with Gasteiger partial charge < -0.3 is 10.1 Å². The molecule has 0 saturated carbocycles. The predicted molar refractivity (Wildman–Crippen MR) is 73.5 cm³/mol. The maximum atomic E-state index is 5.13. The Bertz CT molecular complexity index is 453. The van der Waals surface area contributed by atoms with Crippen LogP contribution in [0.3, 0.4) is 0 Å². The number of ether oxygens (including phenoxy) is 1. The van der Waals surface area contributed by atoms with Crippen molar-refractivity contribution in [3.05, 3.63) is 52.2 Å². The van der Waals surface area contributed by atoms with E-state index in [9.17, 15) is 0 Å². The van der Waals surface area contributed by atoms with Gasteiger partial charge >= 0.3 is 0 Å². The minimum absolute atomic E-state index is 0.341. The molecule has 2 aromatic rings. The van der Waals surface area contributed by atoms with Crippen LogP contribution in [0.4, 0.5) is 5.69 Å². The number of hydrogen-bond donors (Lipinski definition) is 1. The number of hydrogen-bond acceptors (Lipinski definition) is 3. The van der Waals surface area contributed by atoms with Gasteiger partial charge in [-0.25, -0.2) is 0 Å². The molecule has 0 bridgehead atoms. The Morgan fingerprint density at radius 3 is 2.88 bits per heavy atom. The van der Waals surface area contributed by atoms with Gasteiger partial charge in [0, 0.05) is 17.7 Å². The smallest absolute Gasteiger partial charge is 0.0713 e. The van der Waals surface area contributed by atoms with E-state index in [1.54, 1.807) is 18.4 Å². The summed E-state index contributed by atoms with van der Waals surface area (Å²) in [7, 11) is 1.72. The molecule has 1 aromatic heterocycles. The van der Waals surface area contributed by atoms with Gasteiger partial charge in [0.2, 0.25) is 0 Å². The highest BCUT2D eigenvalue weighted by Gasteiger charge is 2.06. The van der Waals surface area contributed by atoms with E-state index in [1.807, 2.05) is 0 Å². The normalized spacial score (nSPS) is 12.4. The van der Waals surface area contributed by atoms with Crippen LogP contribution in [0.25, 0.3) is 0 Å². The van der Waals surface area contributed by atoms with Gasteiger partial charge in [0.05, 0.1) is 12.6 Å². The largest absolute Gasteiger partial charge is 0.380 e. The van der Waals surface area contributed by atoms with Crippen molar-refractivity contribution in [3.63, 3.8) is 0 Å². The van der Waals surface area contributed by atoms with Gasteiger partial charge in [0.15, 0.2) is 0 Å². The Kier molecular flexibility index (Phi) is 4.18. The van der Waals surface area contributed by atoms with Gasteiger partial charge in [-0.1, -0.05) is 18.2 Å². The van der Waals surface area contributed by atoms with Crippen LogP contribution < -0.4 is 5.32 Å². The third kappa shape index (κ3) is 3.32. The summed E-state index contributed by atoms with van der Waals surface area (Å²) in [6, 6.07) is 12.9. The molecular formula is C14H17NOS. The highest BCUT2D eigenvalue weighted by molar-refractivity contribution is 7.10. The monoisotopic (exact) mass is 247 g/mol. The zero-order valence-electron chi connectivity index (χ0n) is 10.1. The number of rotatable bonds is 5. The van der Waals surface area contributed by atoms with Crippen LogP contribution in [0.1, 0.15) is 23.4 Å². The molecule has 0 radical (unpaired) electrons. The van der Waals surface area contributed by atoms with Gasteiger partial charge in [0.25, 0.3) is 0 Å². The molecule has 0 amide bonds. The molecule has 1 aromatic carbocycles. The molecule has 1 heterocycles. The first-order valence-corrected chi connectivity index (χ1v) is 6.55. The van der Waals surface area contributed by atoms with Crippen LogP contribution in [-0.2, 0) is 11.3 Å². The van der Waals surface area contributed by atoms with Crippen LogP contribution >= 0.6 is 11.3 Å². The van der Waals surface area contributed by atoms with E-state index in [1.165, 1.54) is 10.4 Å². The minimum Gasteiger partial charge on any atom is -0.380 e. The molecular weight excluding hydrogens is 230 g/mol. The van der Waals surface area contributed by atoms with Crippen molar-refractivity contribution in [2.75, 3.05) is 12.4 Å². The van der Waals surface area contributed by atoms with Crippen LogP contribution in [-0.4, -0.2) is 7.11 Å². The molecule has 0 fully saturated rings. The van der Waals surface area contributed by atoms with Crippen LogP contribution in [0, 0.1) is 0 Å². The van der Waals surface area contributed by atoms with Gasteiger partial charge in [-0.15, -0.1) is 11.3 Å². The molecule has 2 nitrogen and oxygen atoms in total. The average Bonchev–Trinajstić information content (AvgIpc) is 2.83. The van der Waals surface area contributed by atoms with Crippen molar-refractivity contribution in [1.82, 2.24) is 0 Å². The number of benzene rings is 1. The van der Waals surface area contributed by atoms with E-state index >= 15 is 0 Å². The van der Waals surface area contributed by atoms with Gasteiger partial charge in [0.1, 0.15) is 0 Å². The number of methoxy groups -OCH3 is 1. The van der Waals surface area contributed by atoms with E-state index in [0.29, 0.717) is 12.6 Å². The minimum atomic E-state index is 0.341. The van der Waals surface area contributed by atoms with E-state index in [4.69, 9.17) is 4.74 Å². The lowest BCUT2D eigenvalue weighted by atomic mass is 10.2. The molecule has 0 aliphatic heterocycles. The molecule has 0 spiro atoms. The molecule has 0 aliphatic carbocycles. The van der Waals surface area contributed by atoms with Crippen LogP contribution in [0.2, 0.25) is 0 Å². The molecule has 1 unspecified atom stereocenters.